The number of rotatable bonds is 5. The number of benzene rings is 1. The number of thioether (sulfide) groups is 1. The van der Waals surface area contributed by atoms with Gasteiger partial charge in [-0.25, -0.2) is 4.39 Å². The van der Waals surface area contributed by atoms with E-state index in [2.05, 4.69) is 15.2 Å². The van der Waals surface area contributed by atoms with Crippen molar-refractivity contribution in [3.8, 4) is 5.88 Å². The van der Waals surface area contributed by atoms with Gasteiger partial charge in [-0.1, -0.05) is 11.2 Å². The summed E-state index contributed by atoms with van der Waals surface area (Å²) in [5.74, 6) is 2.27. The lowest BCUT2D eigenvalue weighted by molar-refractivity contribution is 0.0446. The molecular formula is C17H18FN3O3S. The Labute approximate surface area is 148 Å². The molecule has 0 spiro atoms. The van der Waals surface area contributed by atoms with Gasteiger partial charge in [0.2, 0.25) is 0 Å². The van der Waals surface area contributed by atoms with Gasteiger partial charge in [0.15, 0.2) is 6.10 Å². The molecule has 25 heavy (non-hydrogen) atoms. The molecule has 2 aliphatic rings. The number of hydrogen-bond donors (Lipinski definition) is 0. The standard InChI is InChI=1S/C17H18FN3O3S/c18-14-9-12(1-2-16(14)21-4-7-25-8-5-21)15-10-13(24-19-15)11-22-17-3-6-23-20-17/h1-3,6,9,13H,4-5,7-8,10-11H2/t13-/m0/s1. The van der Waals surface area contributed by atoms with Crippen LogP contribution >= 0.6 is 11.8 Å². The normalized spacial score (nSPS) is 20.3. The summed E-state index contributed by atoms with van der Waals surface area (Å²) < 4.78 is 24.7. The van der Waals surface area contributed by atoms with Crippen LogP contribution in [0.15, 0.2) is 40.2 Å². The van der Waals surface area contributed by atoms with Gasteiger partial charge in [0.25, 0.3) is 5.88 Å². The number of ether oxygens (including phenoxy) is 1. The van der Waals surface area contributed by atoms with Crippen LogP contribution < -0.4 is 9.64 Å². The van der Waals surface area contributed by atoms with Crippen molar-refractivity contribution in [1.82, 2.24) is 5.16 Å². The van der Waals surface area contributed by atoms with Crippen LogP contribution in [0.5, 0.6) is 5.88 Å². The second-order valence-electron chi connectivity index (χ2n) is 5.88. The molecule has 8 heteroatoms. The van der Waals surface area contributed by atoms with E-state index in [0.29, 0.717) is 24.6 Å². The molecule has 4 rings (SSSR count). The molecule has 2 aliphatic heterocycles. The first kappa shape index (κ1) is 16.3. The summed E-state index contributed by atoms with van der Waals surface area (Å²) in [7, 11) is 0. The van der Waals surface area contributed by atoms with Crippen LogP contribution in [-0.2, 0) is 4.84 Å². The molecule has 132 valence electrons. The molecule has 6 nitrogen and oxygen atoms in total. The summed E-state index contributed by atoms with van der Waals surface area (Å²) in [4.78, 5) is 7.47. The van der Waals surface area contributed by atoms with Gasteiger partial charge in [-0.3, -0.25) is 0 Å². The van der Waals surface area contributed by atoms with Crippen molar-refractivity contribution in [2.75, 3.05) is 36.1 Å². The maximum atomic E-state index is 14.5. The first-order chi connectivity index (χ1) is 12.3. The lowest BCUT2D eigenvalue weighted by Crippen LogP contribution is -2.33. The van der Waals surface area contributed by atoms with E-state index in [1.54, 1.807) is 12.1 Å². The van der Waals surface area contributed by atoms with Gasteiger partial charge in [0.1, 0.15) is 18.7 Å². The topological polar surface area (TPSA) is 60.1 Å². The molecule has 1 atom stereocenters. The van der Waals surface area contributed by atoms with Crippen LogP contribution in [0.4, 0.5) is 10.1 Å². The van der Waals surface area contributed by atoms with Gasteiger partial charge in [0, 0.05) is 42.6 Å². The second-order valence-corrected chi connectivity index (χ2v) is 7.11. The third kappa shape index (κ3) is 3.73. The summed E-state index contributed by atoms with van der Waals surface area (Å²) in [5.41, 5.74) is 2.14. The number of anilines is 1. The molecule has 2 aromatic rings. The van der Waals surface area contributed by atoms with Gasteiger partial charge in [-0.05, 0) is 17.3 Å². The fourth-order valence-electron chi connectivity index (χ4n) is 2.89. The summed E-state index contributed by atoms with van der Waals surface area (Å²) in [6, 6.07) is 6.91. The van der Waals surface area contributed by atoms with E-state index < -0.39 is 0 Å². The van der Waals surface area contributed by atoms with Crippen LogP contribution in [0.3, 0.4) is 0 Å². The van der Waals surface area contributed by atoms with E-state index in [-0.39, 0.29) is 11.9 Å². The van der Waals surface area contributed by atoms with Gasteiger partial charge in [-0.2, -0.15) is 11.8 Å². The van der Waals surface area contributed by atoms with Crippen LogP contribution in [0.2, 0.25) is 0 Å². The Morgan fingerprint density at radius 1 is 1.28 bits per heavy atom. The Morgan fingerprint density at radius 2 is 2.16 bits per heavy atom. The minimum atomic E-state index is -0.214. The van der Waals surface area contributed by atoms with Crippen molar-refractivity contribution in [2.45, 2.75) is 12.5 Å². The first-order valence-corrected chi connectivity index (χ1v) is 9.33. The summed E-state index contributed by atoms with van der Waals surface area (Å²) in [6.07, 6.45) is 1.79. The van der Waals surface area contributed by atoms with Crippen LogP contribution in [0, 0.1) is 5.82 Å². The predicted octanol–water partition coefficient (Wildman–Crippen LogP) is 2.94. The molecule has 1 aromatic carbocycles. The van der Waals surface area contributed by atoms with Crippen molar-refractivity contribution in [3.05, 3.63) is 41.9 Å². The Bertz CT molecular complexity index is 748. The largest absolute Gasteiger partial charge is 0.471 e. The highest BCUT2D eigenvalue weighted by atomic mass is 32.2. The zero-order valence-corrected chi connectivity index (χ0v) is 14.4. The van der Waals surface area contributed by atoms with Crippen molar-refractivity contribution in [2.24, 2.45) is 5.16 Å². The van der Waals surface area contributed by atoms with Crippen LogP contribution in [0.25, 0.3) is 0 Å². The molecule has 0 bridgehead atoms. The monoisotopic (exact) mass is 363 g/mol. The fourth-order valence-corrected chi connectivity index (χ4v) is 3.79. The lowest BCUT2D eigenvalue weighted by Gasteiger charge is -2.28. The van der Waals surface area contributed by atoms with E-state index in [9.17, 15) is 4.39 Å². The minimum absolute atomic E-state index is 0.214. The molecule has 0 saturated carbocycles. The molecule has 3 heterocycles. The maximum absolute atomic E-state index is 14.5. The lowest BCUT2D eigenvalue weighted by atomic mass is 10.0. The van der Waals surface area contributed by atoms with Crippen molar-refractivity contribution >= 4 is 23.2 Å². The van der Waals surface area contributed by atoms with Gasteiger partial charge in [-0.15, -0.1) is 0 Å². The molecule has 1 aromatic heterocycles. The summed E-state index contributed by atoms with van der Waals surface area (Å²) in [5, 5.41) is 7.75. The third-order valence-corrected chi connectivity index (χ3v) is 5.14. The zero-order chi connectivity index (χ0) is 17.1. The highest BCUT2D eigenvalue weighted by Gasteiger charge is 2.24. The van der Waals surface area contributed by atoms with E-state index in [1.807, 2.05) is 23.9 Å². The number of nitrogens with zero attached hydrogens (tertiary/aromatic N) is 3. The Morgan fingerprint density at radius 3 is 2.92 bits per heavy atom. The molecule has 1 saturated heterocycles. The number of aromatic nitrogens is 1. The third-order valence-electron chi connectivity index (χ3n) is 4.20. The highest BCUT2D eigenvalue weighted by Crippen LogP contribution is 2.26. The molecule has 0 unspecified atom stereocenters. The number of oxime groups is 1. The average Bonchev–Trinajstić information content (AvgIpc) is 3.32. The van der Waals surface area contributed by atoms with Gasteiger partial charge >= 0.3 is 0 Å². The van der Waals surface area contributed by atoms with E-state index in [1.165, 1.54) is 6.26 Å². The zero-order valence-electron chi connectivity index (χ0n) is 13.6. The first-order valence-electron chi connectivity index (χ1n) is 8.18. The van der Waals surface area contributed by atoms with E-state index in [4.69, 9.17) is 14.1 Å². The average molecular weight is 363 g/mol. The fraction of sp³-hybridized carbons (Fsp3) is 0.412. The Kier molecular flexibility index (Phi) is 4.78. The second kappa shape index (κ2) is 7.35. The highest BCUT2D eigenvalue weighted by molar-refractivity contribution is 7.99. The summed E-state index contributed by atoms with van der Waals surface area (Å²) >= 11 is 1.90. The Balaban J connectivity index is 1.38. The van der Waals surface area contributed by atoms with Crippen molar-refractivity contribution < 1.29 is 18.5 Å². The van der Waals surface area contributed by atoms with E-state index in [0.717, 1.165) is 35.9 Å². The van der Waals surface area contributed by atoms with Crippen molar-refractivity contribution in [3.63, 3.8) is 0 Å². The van der Waals surface area contributed by atoms with Gasteiger partial charge < -0.3 is 19.0 Å². The Hall–Kier alpha value is -2.22. The molecule has 0 N–H and O–H groups in total. The molecule has 0 radical (unpaired) electrons. The van der Waals surface area contributed by atoms with Gasteiger partial charge in [0.05, 0.1) is 11.4 Å². The van der Waals surface area contributed by atoms with Crippen molar-refractivity contribution in [1.29, 1.82) is 0 Å². The molecular weight excluding hydrogens is 345 g/mol. The van der Waals surface area contributed by atoms with E-state index >= 15 is 0 Å². The number of halogens is 1. The molecule has 1 fully saturated rings. The van der Waals surface area contributed by atoms with Crippen LogP contribution in [-0.4, -0.2) is 48.2 Å². The summed E-state index contributed by atoms with van der Waals surface area (Å²) in [6.45, 7) is 2.07. The van der Waals surface area contributed by atoms with Crippen LogP contribution in [0.1, 0.15) is 12.0 Å². The number of hydrogen-bond acceptors (Lipinski definition) is 7. The quantitative estimate of drug-likeness (QED) is 0.814. The molecule has 0 amide bonds. The smallest absolute Gasteiger partial charge is 0.254 e. The SMILES string of the molecule is Fc1cc(C2=NO[C@H](COc3ccon3)C2)ccc1N1CCSCC1. The molecule has 0 aliphatic carbocycles. The predicted molar refractivity (Wildman–Crippen MR) is 94.0 cm³/mol. The maximum Gasteiger partial charge on any atom is 0.254 e. The minimum Gasteiger partial charge on any atom is -0.471 e.